The molecule has 59 heavy (non-hydrogen) atoms. The molecular formula is C28H42F6O19P6. The molecule has 2 aromatic rings. The van der Waals surface area contributed by atoms with Gasteiger partial charge in [-0.15, -0.1) is 62.6 Å². The summed E-state index contributed by atoms with van der Waals surface area (Å²) in [5.74, 6) is -2.31. The molecule has 19 nitrogen and oxygen atoms in total. The lowest BCUT2D eigenvalue weighted by molar-refractivity contribution is -0.230. The van der Waals surface area contributed by atoms with Crippen LogP contribution in [-0.2, 0) is 77.6 Å². The maximum Gasteiger partial charge on any atom is 0.598 e. The molecule has 0 radical (unpaired) electrons. The first kappa shape index (κ1) is 53.5. The standard InChI is InChI=1S/C28H42F6O19P6/c1-3-5-7-9-11-13-15-23-17-19-25(44-54(29,35)36)27(21-23)43-28-22-24(16-14-12-10-8-6-4-2)18-20-26(28)45-56(31,39)48-49-58(33,41)52-53-59(34,42)51-50-57(32,40)47-46-55(30,37)38/h17-22H,3-16H2,1-2H3,(H,35,36)(H,37,38). The van der Waals surface area contributed by atoms with Gasteiger partial charge in [-0.3, -0.25) is 9.79 Å². The van der Waals surface area contributed by atoms with E-state index in [9.17, 15) is 53.3 Å². The molecule has 0 aliphatic heterocycles. The highest BCUT2D eigenvalue weighted by Crippen LogP contribution is 2.65. The van der Waals surface area contributed by atoms with Crippen LogP contribution >= 0.6 is 47.4 Å². The Morgan fingerprint density at radius 2 is 0.763 bits per heavy atom. The fourth-order valence-corrected chi connectivity index (χ4v) is 8.12. The number of ether oxygens (including phenoxy) is 1. The summed E-state index contributed by atoms with van der Waals surface area (Å²) in [6.45, 7) is 4.12. The summed E-state index contributed by atoms with van der Waals surface area (Å²) >= 11 is 0. The Bertz CT molecular complexity index is 1920. The molecule has 0 spiro atoms. The Labute approximate surface area is 334 Å². The average Bonchev–Trinajstić information content (AvgIpc) is 3.13. The first-order valence-corrected chi connectivity index (χ1v) is 26.1. The van der Waals surface area contributed by atoms with Crippen molar-refractivity contribution in [2.45, 2.75) is 104 Å². The first-order valence-electron chi connectivity index (χ1n) is 17.4. The number of rotatable bonds is 32. The molecule has 0 saturated carbocycles. The highest BCUT2D eigenvalue weighted by molar-refractivity contribution is 7.52. The van der Waals surface area contributed by atoms with E-state index in [-0.39, 0.29) is 0 Å². The average molecular weight is 982 g/mol. The van der Waals surface area contributed by atoms with Crippen LogP contribution < -0.4 is 13.8 Å². The summed E-state index contributed by atoms with van der Waals surface area (Å²) in [4.78, 5) is 17.4. The second kappa shape index (κ2) is 24.9. The fourth-order valence-electron chi connectivity index (χ4n) is 4.67. The van der Waals surface area contributed by atoms with Gasteiger partial charge in [0.15, 0.2) is 23.0 Å². The molecular weight excluding hydrogens is 940 g/mol. The van der Waals surface area contributed by atoms with Crippen molar-refractivity contribution in [1.82, 2.24) is 0 Å². The lowest BCUT2D eigenvalue weighted by Crippen LogP contribution is -2.00. The molecule has 340 valence electrons. The number of hydrogen-bond donors (Lipinski definition) is 2. The summed E-state index contributed by atoms with van der Waals surface area (Å²) in [5, 5.41) is 0. The molecule has 2 aromatic carbocycles. The number of unbranched alkanes of at least 4 members (excludes halogenated alkanes) is 10. The number of benzene rings is 2. The summed E-state index contributed by atoms with van der Waals surface area (Å²) in [6, 6.07) is 7.54. The Hall–Kier alpha value is -1.60. The predicted octanol–water partition coefficient (Wildman–Crippen LogP) is 14.3. The van der Waals surface area contributed by atoms with Gasteiger partial charge in [0.1, 0.15) is 0 Å². The molecule has 0 bridgehead atoms. The molecule has 6 atom stereocenters. The van der Waals surface area contributed by atoms with E-state index in [1.54, 1.807) is 0 Å². The highest BCUT2D eigenvalue weighted by atomic mass is 31.2. The molecule has 2 rings (SSSR count). The van der Waals surface area contributed by atoms with Gasteiger partial charge in [0.2, 0.25) is 0 Å². The monoisotopic (exact) mass is 982 g/mol. The van der Waals surface area contributed by atoms with Gasteiger partial charge in [-0.25, -0.2) is 27.4 Å². The molecule has 0 heterocycles. The van der Waals surface area contributed by atoms with Crippen LogP contribution in [0.4, 0.5) is 25.2 Å². The molecule has 0 amide bonds. The van der Waals surface area contributed by atoms with E-state index in [2.05, 4.69) is 60.3 Å². The van der Waals surface area contributed by atoms with Crippen molar-refractivity contribution in [1.29, 1.82) is 0 Å². The van der Waals surface area contributed by atoms with E-state index in [4.69, 9.17) is 9.63 Å². The number of hydrogen-bond acceptors (Lipinski definition) is 17. The molecule has 6 unspecified atom stereocenters. The van der Waals surface area contributed by atoms with Crippen LogP contribution in [0.3, 0.4) is 0 Å². The molecule has 0 fully saturated rings. The predicted molar refractivity (Wildman–Crippen MR) is 194 cm³/mol. The normalized spacial score (nSPS) is 18.0. The minimum absolute atomic E-state index is 0.396. The van der Waals surface area contributed by atoms with E-state index >= 15 is 4.20 Å². The molecule has 0 saturated heterocycles. The maximum atomic E-state index is 15.0. The van der Waals surface area contributed by atoms with Crippen molar-refractivity contribution < 1.29 is 114 Å². The van der Waals surface area contributed by atoms with Gasteiger partial charge in [0.05, 0.1) is 0 Å². The third-order valence-corrected chi connectivity index (χ3v) is 10.5. The Balaban J connectivity index is 2.27. The van der Waals surface area contributed by atoms with Gasteiger partial charge in [0.25, 0.3) is 0 Å². The van der Waals surface area contributed by atoms with E-state index < -0.39 is 70.4 Å². The quantitative estimate of drug-likeness (QED) is 0.0227. The maximum absolute atomic E-state index is 15.0. The van der Waals surface area contributed by atoms with Crippen LogP contribution in [-0.4, -0.2) is 9.79 Å². The summed E-state index contributed by atoms with van der Waals surface area (Å²) in [5.41, 5.74) is 1.12. The Morgan fingerprint density at radius 3 is 1.14 bits per heavy atom. The van der Waals surface area contributed by atoms with Crippen LogP contribution in [0.25, 0.3) is 0 Å². The van der Waals surface area contributed by atoms with Gasteiger partial charge in [0, 0.05) is 0 Å². The molecule has 2 N–H and O–H groups in total. The largest absolute Gasteiger partial charge is 0.598 e. The van der Waals surface area contributed by atoms with Gasteiger partial charge < -0.3 is 13.8 Å². The Morgan fingerprint density at radius 1 is 0.424 bits per heavy atom. The van der Waals surface area contributed by atoms with Gasteiger partial charge >= 0.3 is 47.4 Å². The minimum Gasteiger partial charge on any atom is -0.450 e. The minimum atomic E-state index is -6.71. The zero-order chi connectivity index (χ0) is 44.4. The van der Waals surface area contributed by atoms with E-state index in [0.717, 1.165) is 76.3 Å². The van der Waals surface area contributed by atoms with Crippen molar-refractivity contribution in [3.63, 3.8) is 0 Å². The summed E-state index contributed by atoms with van der Waals surface area (Å²) in [6.07, 6.45) is 12.0. The number of halogens is 6. The molecule has 0 aliphatic rings. The highest BCUT2D eigenvalue weighted by Gasteiger charge is 2.43. The van der Waals surface area contributed by atoms with Crippen molar-refractivity contribution in [2.24, 2.45) is 0 Å². The second-order valence-electron chi connectivity index (χ2n) is 12.1. The fraction of sp³-hybridized carbons (Fsp3) is 0.571. The van der Waals surface area contributed by atoms with Crippen molar-refractivity contribution in [3.8, 4) is 23.0 Å². The van der Waals surface area contributed by atoms with Crippen molar-refractivity contribution >= 4 is 47.4 Å². The third kappa shape index (κ3) is 24.6. The van der Waals surface area contributed by atoms with Crippen LogP contribution in [0, 0.1) is 0 Å². The van der Waals surface area contributed by atoms with Gasteiger partial charge in [-0.2, -0.15) is 0 Å². The van der Waals surface area contributed by atoms with Crippen LogP contribution in [0.5, 0.6) is 23.0 Å². The van der Waals surface area contributed by atoms with Crippen LogP contribution in [0.2, 0.25) is 0 Å². The van der Waals surface area contributed by atoms with E-state index in [1.807, 2.05) is 0 Å². The van der Waals surface area contributed by atoms with E-state index in [1.165, 1.54) is 24.3 Å². The van der Waals surface area contributed by atoms with Crippen LogP contribution in [0.1, 0.15) is 102 Å². The SMILES string of the molecule is CCCCCCCCc1ccc(OP(=O)(O)F)c(Oc2cc(CCCCCCCC)ccc2OP(=O)(F)OOP(=O)(F)OOP(=O)(F)OOP(=O)(F)OOP(=O)(O)F)c1. The second-order valence-corrected chi connectivity index (χ2v) is 18.9. The Kier molecular flexibility index (Phi) is 22.6. The molecule has 31 heteroatoms. The van der Waals surface area contributed by atoms with E-state index in [0.29, 0.717) is 36.8 Å². The third-order valence-electron chi connectivity index (χ3n) is 7.14. The van der Waals surface area contributed by atoms with Crippen molar-refractivity contribution in [2.75, 3.05) is 0 Å². The lowest BCUT2D eigenvalue weighted by atomic mass is 10.0. The van der Waals surface area contributed by atoms with Crippen LogP contribution in [0.15, 0.2) is 36.4 Å². The zero-order valence-corrected chi connectivity index (χ0v) is 36.5. The van der Waals surface area contributed by atoms with Crippen molar-refractivity contribution in [3.05, 3.63) is 47.5 Å². The lowest BCUT2D eigenvalue weighted by Gasteiger charge is -2.18. The smallest absolute Gasteiger partial charge is 0.450 e. The summed E-state index contributed by atoms with van der Waals surface area (Å²) in [7, 11) is -38.1. The first-order chi connectivity index (χ1) is 27.3. The van der Waals surface area contributed by atoms with Gasteiger partial charge in [-0.1, -0.05) is 90.2 Å². The number of aryl methyl sites for hydroxylation is 2. The molecule has 0 aliphatic carbocycles. The topological polar surface area (TPSA) is 244 Å². The summed E-state index contributed by atoms with van der Waals surface area (Å²) < 4.78 is 191. The zero-order valence-electron chi connectivity index (χ0n) is 31.1. The van der Waals surface area contributed by atoms with Gasteiger partial charge in [-0.05, 0) is 61.1 Å². The molecule has 0 aromatic heterocycles.